The van der Waals surface area contributed by atoms with Crippen molar-refractivity contribution in [1.29, 1.82) is 0 Å². The van der Waals surface area contributed by atoms with Gasteiger partial charge in [0.1, 0.15) is 11.6 Å². The van der Waals surface area contributed by atoms with Crippen molar-refractivity contribution in [3.63, 3.8) is 0 Å². The smallest absolute Gasteiger partial charge is 0.418 e. The molecule has 96 valence electrons. The molecule has 2 heterocycles. The zero-order valence-corrected chi connectivity index (χ0v) is 10.7. The Kier molecular flexibility index (Phi) is 4.81. The fourth-order valence-corrected chi connectivity index (χ4v) is 2.41. The molecule has 1 aromatic heterocycles. The molecule has 3 nitrogen and oxygen atoms in total. The number of rotatable bonds is 1. The Morgan fingerprint density at radius 1 is 1.47 bits per heavy atom. The van der Waals surface area contributed by atoms with Crippen LogP contribution in [-0.4, -0.2) is 18.6 Å². The van der Waals surface area contributed by atoms with Crippen molar-refractivity contribution in [3.8, 4) is 0 Å². The Morgan fingerprint density at radius 2 is 2.06 bits per heavy atom. The van der Waals surface area contributed by atoms with Crippen LogP contribution in [-0.2, 0) is 6.54 Å². The Morgan fingerprint density at radius 3 is 2.59 bits per heavy atom. The van der Waals surface area contributed by atoms with Gasteiger partial charge in [0.15, 0.2) is 5.03 Å². The van der Waals surface area contributed by atoms with E-state index in [1.807, 2.05) is 11.6 Å². The Labute approximate surface area is 104 Å². The molecule has 0 aliphatic carbocycles. The van der Waals surface area contributed by atoms with E-state index in [0.717, 1.165) is 16.7 Å². The van der Waals surface area contributed by atoms with Gasteiger partial charge in [0.25, 0.3) is 0 Å². The van der Waals surface area contributed by atoms with Crippen LogP contribution in [0.4, 0.5) is 22.4 Å². The summed E-state index contributed by atoms with van der Waals surface area (Å²) in [5.74, 6) is 0. The van der Waals surface area contributed by atoms with E-state index in [4.69, 9.17) is 0 Å². The Bertz CT molecular complexity index is 412. The minimum Gasteiger partial charge on any atom is -0.418 e. The van der Waals surface area contributed by atoms with Gasteiger partial charge in [0.2, 0.25) is 0 Å². The van der Waals surface area contributed by atoms with E-state index in [0.29, 0.717) is 0 Å². The summed E-state index contributed by atoms with van der Waals surface area (Å²) in [6.45, 7) is 2.92. The van der Waals surface area contributed by atoms with Gasteiger partial charge < -0.3 is 17.3 Å². The molecule has 17 heavy (non-hydrogen) atoms. The van der Waals surface area contributed by atoms with E-state index in [9.17, 15) is 17.3 Å². The minimum atomic E-state index is -6.00. The molecule has 0 spiro atoms. The molecule has 0 amide bonds. The molecule has 0 saturated carbocycles. The van der Waals surface area contributed by atoms with Crippen molar-refractivity contribution >= 4 is 35.5 Å². The Hall–Kier alpha value is -0.765. The zero-order valence-electron chi connectivity index (χ0n) is 9.08. The van der Waals surface area contributed by atoms with Gasteiger partial charge in [-0.1, -0.05) is 16.9 Å². The lowest BCUT2D eigenvalue weighted by Crippen LogP contribution is -2.40. The summed E-state index contributed by atoms with van der Waals surface area (Å²) in [5.41, 5.74) is 0. The van der Waals surface area contributed by atoms with E-state index in [1.54, 1.807) is 23.1 Å². The first kappa shape index (κ1) is 14.3. The molecule has 0 atom stereocenters. The molecule has 0 aromatic carbocycles. The van der Waals surface area contributed by atoms with Crippen molar-refractivity contribution in [1.82, 2.24) is 5.10 Å². The third kappa shape index (κ3) is 5.40. The molecule has 0 radical (unpaired) electrons. The predicted octanol–water partition coefficient (Wildman–Crippen LogP) is 2.67. The second-order valence-corrected chi connectivity index (χ2v) is 5.03. The van der Waals surface area contributed by atoms with Gasteiger partial charge in [-0.3, -0.25) is 0 Å². The summed E-state index contributed by atoms with van der Waals surface area (Å²) in [7, 11) is -6.00. The molecule has 1 N–H and O–H groups in total. The van der Waals surface area contributed by atoms with Crippen molar-refractivity contribution in [2.24, 2.45) is 0 Å². The normalized spacial score (nSPS) is 14.1. The third-order valence-electron chi connectivity index (χ3n) is 1.64. The maximum absolute atomic E-state index is 9.75. The maximum Gasteiger partial charge on any atom is 0.673 e. The summed E-state index contributed by atoms with van der Waals surface area (Å²) in [5, 5.41) is 11.1. The maximum atomic E-state index is 9.75. The van der Waals surface area contributed by atoms with E-state index < -0.39 is 7.25 Å². The SMILES string of the molecule is CSC1=CC[n+]2nc(C)sc2N1.F[B-](F)(F)F. The molecular formula is C7H10BF4N3S2. The van der Waals surface area contributed by atoms with Crippen LogP contribution in [0.25, 0.3) is 0 Å². The van der Waals surface area contributed by atoms with Gasteiger partial charge in [-0.05, 0) is 24.5 Å². The standard InChI is InChI=1S/C7H9N3S2.BF4/c1-5-9-10-4-3-6(11-2)8-7(10)12-5;2-1(3,4)5/h3H,4H2,1-2H3;/q;-1/p+1. The lowest BCUT2D eigenvalue weighted by atomic mass is 10.3. The lowest BCUT2D eigenvalue weighted by molar-refractivity contribution is -0.728. The highest BCUT2D eigenvalue weighted by molar-refractivity contribution is 8.02. The van der Waals surface area contributed by atoms with Gasteiger partial charge in [-0.2, -0.15) is 0 Å². The summed E-state index contributed by atoms with van der Waals surface area (Å²) in [6, 6.07) is 0. The highest BCUT2D eigenvalue weighted by Crippen LogP contribution is 2.22. The van der Waals surface area contributed by atoms with Crippen LogP contribution in [0.3, 0.4) is 0 Å². The van der Waals surface area contributed by atoms with E-state index in [2.05, 4.69) is 22.7 Å². The predicted molar refractivity (Wildman–Crippen MR) is 62.5 cm³/mol. The molecule has 0 fully saturated rings. The third-order valence-corrected chi connectivity index (χ3v) is 3.23. The highest BCUT2D eigenvalue weighted by atomic mass is 32.2. The first-order chi connectivity index (χ1) is 7.79. The molecule has 0 bridgehead atoms. The van der Waals surface area contributed by atoms with E-state index >= 15 is 0 Å². The van der Waals surface area contributed by atoms with Gasteiger partial charge in [-0.25, -0.2) is 5.32 Å². The number of fused-ring (bicyclic) bond motifs is 1. The number of aryl methyl sites for hydroxylation is 1. The lowest BCUT2D eigenvalue weighted by Gasteiger charge is -2.04. The first-order valence-corrected chi connectivity index (χ1v) is 6.60. The molecule has 0 saturated heterocycles. The van der Waals surface area contributed by atoms with Crippen molar-refractivity contribution in [2.75, 3.05) is 11.6 Å². The topological polar surface area (TPSA) is 28.8 Å². The quantitative estimate of drug-likeness (QED) is 0.489. The minimum absolute atomic E-state index is 0.892. The van der Waals surface area contributed by atoms with E-state index in [1.165, 1.54) is 5.03 Å². The number of anilines is 1. The molecule has 2 rings (SSSR count). The fraction of sp³-hybridized carbons (Fsp3) is 0.429. The Balaban J connectivity index is 0.000000249. The number of nitrogens with one attached hydrogen (secondary N) is 1. The highest BCUT2D eigenvalue weighted by Gasteiger charge is 2.21. The fourth-order valence-electron chi connectivity index (χ4n) is 1.10. The molecule has 1 aliphatic rings. The molecule has 1 aliphatic heterocycles. The number of aromatic nitrogens is 2. The number of nitrogens with zero attached hydrogens (tertiary/aromatic N) is 2. The average molecular weight is 287 g/mol. The molecule has 1 aromatic rings. The second-order valence-electron chi connectivity index (χ2n) is 3.00. The van der Waals surface area contributed by atoms with E-state index in [-0.39, 0.29) is 0 Å². The molecular weight excluding hydrogens is 277 g/mol. The van der Waals surface area contributed by atoms with Crippen LogP contribution in [0.5, 0.6) is 0 Å². The van der Waals surface area contributed by atoms with Crippen LogP contribution in [0.15, 0.2) is 11.1 Å². The zero-order chi connectivity index (χ0) is 13.1. The van der Waals surface area contributed by atoms with Gasteiger partial charge in [0.05, 0.1) is 0 Å². The van der Waals surface area contributed by atoms with Crippen molar-refractivity contribution < 1.29 is 21.9 Å². The van der Waals surface area contributed by atoms with Gasteiger partial charge >= 0.3 is 12.4 Å². The first-order valence-electron chi connectivity index (χ1n) is 4.55. The monoisotopic (exact) mass is 287 g/mol. The summed E-state index contributed by atoms with van der Waals surface area (Å²) in [6.07, 6.45) is 4.22. The number of halogens is 4. The van der Waals surface area contributed by atoms with Crippen LogP contribution in [0.1, 0.15) is 5.01 Å². The number of allylic oxidation sites excluding steroid dienone is 1. The number of thioether (sulfide) groups is 1. The average Bonchev–Trinajstić information content (AvgIpc) is 2.53. The molecule has 10 heteroatoms. The second kappa shape index (κ2) is 5.72. The van der Waals surface area contributed by atoms with Crippen LogP contribution < -0.4 is 10.00 Å². The largest absolute Gasteiger partial charge is 0.673 e. The van der Waals surface area contributed by atoms with Crippen LogP contribution in [0.2, 0.25) is 0 Å². The van der Waals surface area contributed by atoms with Gasteiger partial charge in [-0.15, -0.1) is 4.68 Å². The van der Waals surface area contributed by atoms with Gasteiger partial charge in [0, 0.05) is 6.08 Å². The summed E-state index contributed by atoms with van der Waals surface area (Å²) >= 11 is 3.43. The summed E-state index contributed by atoms with van der Waals surface area (Å²) < 4.78 is 41.0. The van der Waals surface area contributed by atoms with Crippen molar-refractivity contribution in [2.45, 2.75) is 13.5 Å². The van der Waals surface area contributed by atoms with Crippen molar-refractivity contribution in [3.05, 3.63) is 16.1 Å². The molecule has 0 unspecified atom stereocenters. The number of hydrogen-bond acceptors (Lipinski definition) is 4. The number of hydrogen-bond donors (Lipinski definition) is 1. The van der Waals surface area contributed by atoms with Crippen LogP contribution >= 0.6 is 23.1 Å². The summed E-state index contributed by atoms with van der Waals surface area (Å²) in [4.78, 5) is 0. The van der Waals surface area contributed by atoms with Crippen LogP contribution in [0, 0.1) is 6.92 Å².